The standard InChI is InChI=1S/C5H5.2C2H5.W.2H/c1-2-4-5-3-1;2*1-2;;;/h1-3H,4H2;2*1H2,2H3;;;/q3*-1;+2;2*-1. The van der Waals surface area contributed by atoms with Gasteiger partial charge in [-0.1, -0.05) is 0 Å². The Morgan fingerprint density at radius 1 is 1.30 bits per heavy atom. The third kappa shape index (κ3) is 15.7. The minimum absolute atomic E-state index is 0. The van der Waals surface area contributed by atoms with Gasteiger partial charge in [0.25, 0.3) is 0 Å². The molecule has 0 aliphatic heterocycles. The van der Waals surface area contributed by atoms with Crippen molar-refractivity contribution in [2.24, 2.45) is 0 Å². The van der Waals surface area contributed by atoms with Crippen molar-refractivity contribution in [2.75, 3.05) is 0 Å². The average molecular weight is 309 g/mol. The maximum absolute atomic E-state index is 3.25. The summed E-state index contributed by atoms with van der Waals surface area (Å²) in [6, 6.07) is 0. The predicted molar refractivity (Wildman–Crippen MR) is 45.9 cm³/mol. The second kappa shape index (κ2) is 22.9. The molecule has 0 bridgehead atoms. The molecular formula is C9H17W-3. The van der Waals surface area contributed by atoms with Crippen LogP contribution in [0.5, 0.6) is 0 Å². The van der Waals surface area contributed by atoms with Crippen LogP contribution in [-0.4, -0.2) is 0 Å². The van der Waals surface area contributed by atoms with Crippen molar-refractivity contribution >= 4 is 0 Å². The number of allylic oxidation sites excluding steroid dienone is 4. The first-order chi connectivity index (χ1) is 4.50. The van der Waals surface area contributed by atoms with Gasteiger partial charge >= 0.3 is 21.1 Å². The SMILES string of the molecule is [C-]1=CC=CC1.[CH2-]C.[CH2-]C.[H-].[H-].[W+2]. The van der Waals surface area contributed by atoms with E-state index in [2.05, 4.69) is 26.0 Å². The van der Waals surface area contributed by atoms with Gasteiger partial charge in [0.15, 0.2) is 0 Å². The molecule has 0 aromatic rings. The van der Waals surface area contributed by atoms with E-state index < -0.39 is 0 Å². The van der Waals surface area contributed by atoms with Crippen LogP contribution in [0.1, 0.15) is 23.1 Å². The van der Waals surface area contributed by atoms with Crippen LogP contribution in [0.25, 0.3) is 0 Å². The summed E-state index contributed by atoms with van der Waals surface area (Å²) < 4.78 is 0. The first-order valence-corrected chi connectivity index (χ1v) is 3.13. The Kier molecular flexibility index (Phi) is 38.1. The largest absolute Gasteiger partial charge is 2.00 e. The van der Waals surface area contributed by atoms with Gasteiger partial charge in [0.05, 0.1) is 0 Å². The molecule has 10 heavy (non-hydrogen) atoms. The molecule has 0 atom stereocenters. The monoisotopic (exact) mass is 309 g/mol. The van der Waals surface area contributed by atoms with Gasteiger partial charge in [-0.05, 0) is 0 Å². The molecule has 1 rings (SSSR count). The van der Waals surface area contributed by atoms with E-state index in [9.17, 15) is 0 Å². The van der Waals surface area contributed by atoms with E-state index in [0.717, 1.165) is 6.42 Å². The van der Waals surface area contributed by atoms with Crippen molar-refractivity contribution < 1.29 is 23.9 Å². The maximum atomic E-state index is 3.25. The van der Waals surface area contributed by atoms with E-state index in [0.29, 0.717) is 0 Å². The van der Waals surface area contributed by atoms with Gasteiger partial charge in [-0.25, -0.2) is 12.2 Å². The fourth-order valence-electron chi connectivity index (χ4n) is 0.340. The Morgan fingerprint density at radius 2 is 1.80 bits per heavy atom. The van der Waals surface area contributed by atoms with Gasteiger partial charge in [-0.15, -0.1) is 6.42 Å². The summed E-state index contributed by atoms with van der Waals surface area (Å²) in [5.41, 5.74) is 0. The first kappa shape index (κ1) is 16.6. The van der Waals surface area contributed by atoms with Crippen LogP contribution < -0.4 is 0 Å². The van der Waals surface area contributed by atoms with Crippen LogP contribution in [0.3, 0.4) is 0 Å². The fraction of sp³-hybridized carbons (Fsp3) is 0.333. The molecule has 0 saturated heterocycles. The number of hydrogen-bond acceptors (Lipinski definition) is 0. The zero-order valence-corrected chi connectivity index (χ0v) is 9.70. The zero-order valence-electron chi connectivity index (χ0n) is 8.76. The van der Waals surface area contributed by atoms with Gasteiger partial charge < -0.3 is 16.7 Å². The molecular weight excluding hydrogens is 292 g/mol. The third-order valence-corrected chi connectivity index (χ3v) is 0.586. The molecule has 1 heteroatoms. The molecule has 0 unspecified atom stereocenters. The molecule has 0 aromatic heterocycles. The van der Waals surface area contributed by atoms with E-state index in [4.69, 9.17) is 0 Å². The third-order valence-electron chi connectivity index (χ3n) is 0.586. The van der Waals surface area contributed by atoms with Gasteiger partial charge in [0.2, 0.25) is 0 Å². The molecule has 0 N–H and O–H groups in total. The zero-order chi connectivity index (χ0) is 7.54. The van der Waals surface area contributed by atoms with Crippen LogP contribution >= 0.6 is 0 Å². The molecule has 0 fully saturated rings. The van der Waals surface area contributed by atoms with Crippen molar-refractivity contribution in [3.63, 3.8) is 0 Å². The second-order valence-electron chi connectivity index (χ2n) is 1.00. The molecule has 0 amide bonds. The molecule has 0 nitrogen and oxygen atoms in total. The van der Waals surface area contributed by atoms with Crippen LogP contribution in [0.15, 0.2) is 18.2 Å². The summed E-state index contributed by atoms with van der Waals surface area (Å²) in [4.78, 5) is 0. The summed E-state index contributed by atoms with van der Waals surface area (Å²) in [6.45, 7) is 10.0. The van der Waals surface area contributed by atoms with Crippen LogP contribution in [0.4, 0.5) is 0 Å². The summed E-state index contributed by atoms with van der Waals surface area (Å²) in [6.07, 6.45) is 10.0. The molecule has 0 heterocycles. The van der Waals surface area contributed by atoms with Gasteiger partial charge in [0.1, 0.15) is 0 Å². The van der Waals surface area contributed by atoms with Crippen molar-refractivity contribution in [3.05, 3.63) is 38.2 Å². The van der Waals surface area contributed by atoms with Crippen molar-refractivity contribution in [3.8, 4) is 0 Å². The minimum atomic E-state index is 0. The van der Waals surface area contributed by atoms with E-state index in [1.165, 1.54) is 0 Å². The Hall–Kier alpha value is 0.168. The molecule has 0 spiro atoms. The molecule has 0 radical (unpaired) electrons. The Balaban J connectivity index is -0.0000000213. The molecule has 62 valence electrons. The Labute approximate surface area is 82.6 Å². The number of hydrogen-bond donors (Lipinski definition) is 0. The average Bonchev–Trinajstić information content (AvgIpc) is 2.51. The number of rotatable bonds is 0. The summed E-state index contributed by atoms with van der Waals surface area (Å²) in [7, 11) is 0. The van der Waals surface area contributed by atoms with Crippen molar-refractivity contribution in [2.45, 2.75) is 20.3 Å². The normalized spacial score (nSPS) is 10.0. The predicted octanol–water partition coefficient (Wildman–Crippen LogP) is 3.21. The quantitative estimate of drug-likeness (QED) is 0.603. The van der Waals surface area contributed by atoms with Crippen LogP contribution in [-0.2, 0) is 21.1 Å². The van der Waals surface area contributed by atoms with Crippen molar-refractivity contribution in [1.29, 1.82) is 0 Å². The smallest absolute Gasteiger partial charge is 1.00 e. The molecule has 1 aliphatic carbocycles. The van der Waals surface area contributed by atoms with E-state index >= 15 is 0 Å². The van der Waals surface area contributed by atoms with Crippen molar-refractivity contribution in [1.82, 2.24) is 0 Å². The minimum Gasteiger partial charge on any atom is -1.00 e. The molecule has 1 aliphatic rings. The topological polar surface area (TPSA) is 0 Å². The summed E-state index contributed by atoms with van der Waals surface area (Å²) >= 11 is 0. The Bertz CT molecular complexity index is 70.6. The van der Waals surface area contributed by atoms with E-state index in [1.807, 2.05) is 12.2 Å². The maximum Gasteiger partial charge on any atom is 2.00 e. The first-order valence-electron chi connectivity index (χ1n) is 3.13. The molecule has 0 saturated carbocycles. The van der Waals surface area contributed by atoms with Gasteiger partial charge in [0, 0.05) is 0 Å². The van der Waals surface area contributed by atoms with E-state index in [-0.39, 0.29) is 23.9 Å². The van der Waals surface area contributed by atoms with E-state index in [1.54, 1.807) is 13.8 Å². The summed E-state index contributed by atoms with van der Waals surface area (Å²) in [5, 5.41) is 0. The summed E-state index contributed by atoms with van der Waals surface area (Å²) in [5.74, 6) is 0. The Morgan fingerprint density at radius 3 is 1.90 bits per heavy atom. The van der Waals surface area contributed by atoms with Crippen LogP contribution in [0.2, 0.25) is 0 Å². The van der Waals surface area contributed by atoms with Gasteiger partial charge in [-0.2, -0.15) is 19.9 Å². The second-order valence-corrected chi connectivity index (χ2v) is 1.00. The van der Waals surface area contributed by atoms with Crippen LogP contribution in [0, 0.1) is 19.9 Å². The van der Waals surface area contributed by atoms with Gasteiger partial charge in [-0.3, -0.25) is 6.08 Å². The fourth-order valence-corrected chi connectivity index (χ4v) is 0.340. The molecule has 0 aromatic carbocycles.